The van der Waals surface area contributed by atoms with Crippen molar-refractivity contribution >= 4 is 16.7 Å². The maximum atomic E-state index is 8.72. The van der Waals surface area contributed by atoms with Gasteiger partial charge in [0.25, 0.3) is 0 Å². The third-order valence-electron chi connectivity index (χ3n) is 3.61. The number of benzene rings is 1. The van der Waals surface area contributed by atoms with E-state index in [0.717, 1.165) is 36.5 Å². The molecule has 0 radical (unpaired) electrons. The number of aryl methyl sites for hydroxylation is 2. The Labute approximate surface area is 129 Å². The Kier molecular flexibility index (Phi) is 4.01. The van der Waals surface area contributed by atoms with Gasteiger partial charge in [-0.3, -0.25) is 0 Å². The molecule has 110 valence electrons. The van der Waals surface area contributed by atoms with E-state index in [2.05, 4.69) is 25.9 Å². The van der Waals surface area contributed by atoms with Crippen LogP contribution in [0.3, 0.4) is 0 Å². The van der Waals surface area contributed by atoms with Crippen molar-refractivity contribution in [3.63, 3.8) is 0 Å². The zero-order valence-electron chi connectivity index (χ0n) is 12.5. The van der Waals surface area contributed by atoms with Crippen molar-refractivity contribution in [3.05, 3.63) is 54.1 Å². The molecule has 1 N–H and O–H groups in total. The van der Waals surface area contributed by atoms with Gasteiger partial charge in [0.2, 0.25) is 0 Å². The van der Waals surface area contributed by atoms with Gasteiger partial charge in [-0.05, 0) is 37.6 Å². The average Bonchev–Trinajstić information content (AvgIpc) is 2.88. The number of rotatable bonds is 5. The maximum Gasteiger partial charge on any atom is 0.140 e. The SMILES string of the molecule is Cc1nc2ccccc2n1CCCNc1ccc(C#N)nc1. The van der Waals surface area contributed by atoms with Gasteiger partial charge < -0.3 is 9.88 Å². The number of fused-ring (bicyclic) bond motifs is 1. The number of nitrogens with one attached hydrogen (secondary N) is 1. The van der Waals surface area contributed by atoms with Crippen LogP contribution in [0, 0.1) is 18.3 Å². The fourth-order valence-electron chi connectivity index (χ4n) is 2.51. The Morgan fingerprint density at radius 2 is 2.09 bits per heavy atom. The molecule has 0 fully saturated rings. The Morgan fingerprint density at radius 1 is 1.23 bits per heavy atom. The molecule has 3 aromatic rings. The number of aromatic nitrogens is 3. The second-order valence-corrected chi connectivity index (χ2v) is 5.12. The molecule has 1 aromatic carbocycles. The van der Waals surface area contributed by atoms with Crippen molar-refractivity contribution in [1.29, 1.82) is 5.26 Å². The summed E-state index contributed by atoms with van der Waals surface area (Å²) < 4.78 is 2.24. The highest BCUT2D eigenvalue weighted by Crippen LogP contribution is 2.15. The molecule has 0 bridgehead atoms. The summed E-state index contributed by atoms with van der Waals surface area (Å²) in [6.45, 7) is 3.81. The predicted molar refractivity (Wildman–Crippen MR) is 86.5 cm³/mol. The summed E-state index contributed by atoms with van der Waals surface area (Å²) in [7, 11) is 0. The molecule has 0 aliphatic carbocycles. The molecule has 22 heavy (non-hydrogen) atoms. The molecule has 0 unspecified atom stereocenters. The van der Waals surface area contributed by atoms with E-state index < -0.39 is 0 Å². The van der Waals surface area contributed by atoms with Crippen molar-refractivity contribution in [2.45, 2.75) is 19.9 Å². The minimum Gasteiger partial charge on any atom is -0.384 e. The minimum absolute atomic E-state index is 0.436. The summed E-state index contributed by atoms with van der Waals surface area (Å²) in [5.41, 5.74) is 3.60. The molecular formula is C17H17N5. The van der Waals surface area contributed by atoms with Crippen LogP contribution in [0.4, 0.5) is 5.69 Å². The summed E-state index contributed by atoms with van der Waals surface area (Å²) in [4.78, 5) is 8.61. The third-order valence-corrected chi connectivity index (χ3v) is 3.61. The zero-order chi connectivity index (χ0) is 15.4. The Morgan fingerprint density at radius 3 is 2.86 bits per heavy atom. The Balaban J connectivity index is 1.58. The number of para-hydroxylation sites is 2. The monoisotopic (exact) mass is 291 g/mol. The van der Waals surface area contributed by atoms with E-state index in [1.165, 1.54) is 5.52 Å². The molecular weight excluding hydrogens is 274 g/mol. The Hall–Kier alpha value is -2.87. The van der Waals surface area contributed by atoms with Crippen molar-refractivity contribution in [2.24, 2.45) is 0 Å². The van der Waals surface area contributed by atoms with Crippen LogP contribution in [-0.4, -0.2) is 21.1 Å². The van der Waals surface area contributed by atoms with Gasteiger partial charge in [-0.15, -0.1) is 0 Å². The maximum absolute atomic E-state index is 8.72. The van der Waals surface area contributed by atoms with Crippen LogP contribution in [-0.2, 0) is 6.54 Å². The van der Waals surface area contributed by atoms with Crippen molar-refractivity contribution in [1.82, 2.24) is 14.5 Å². The number of pyridine rings is 1. The van der Waals surface area contributed by atoms with E-state index in [1.807, 2.05) is 37.3 Å². The van der Waals surface area contributed by atoms with Gasteiger partial charge in [-0.1, -0.05) is 12.1 Å². The molecule has 5 nitrogen and oxygen atoms in total. The van der Waals surface area contributed by atoms with Gasteiger partial charge in [0.1, 0.15) is 17.6 Å². The Bertz CT molecular complexity index is 811. The van der Waals surface area contributed by atoms with Crippen molar-refractivity contribution < 1.29 is 0 Å². The quantitative estimate of drug-likeness (QED) is 0.733. The summed E-state index contributed by atoms with van der Waals surface area (Å²) in [6, 6.07) is 13.8. The van der Waals surface area contributed by atoms with Crippen LogP contribution in [0.1, 0.15) is 17.9 Å². The number of nitriles is 1. The highest BCUT2D eigenvalue weighted by molar-refractivity contribution is 5.75. The standard InChI is InChI=1S/C17H17N5/c1-13-21-16-5-2-3-6-17(16)22(13)10-4-9-19-15-8-7-14(11-18)20-12-15/h2-3,5-8,12,19H,4,9-10H2,1H3. The van der Waals surface area contributed by atoms with E-state index in [4.69, 9.17) is 5.26 Å². The van der Waals surface area contributed by atoms with Crippen LogP contribution in [0.2, 0.25) is 0 Å². The van der Waals surface area contributed by atoms with Crippen molar-refractivity contribution in [3.8, 4) is 6.07 Å². The van der Waals surface area contributed by atoms with Gasteiger partial charge in [0.05, 0.1) is 22.9 Å². The van der Waals surface area contributed by atoms with Crippen LogP contribution in [0.15, 0.2) is 42.6 Å². The van der Waals surface area contributed by atoms with E-state index >= 15 is 0 Å². The van der Waals surface area contributed by atoms with Gasteiger partial charge in [-0.2, -0.15) is 5.26 Å². The first kappa shape index (κ1) is 14.1. The third kappa shape index (κ3) is 2.91. The topological polar surface area (TPSA) is 66.5 Å². The van der Waals surface area contributed by atoms with Gasteiger partial charge in [0.15, 0.2) is 0 Å². The summed E-state index contributed by atoms with van der Waals surface area (Å²) in [6.07, 6.45) is 2.68. The van der Waals surface area contributed by atoms with Crippen LogP contribution >= 0.6 is 0 Å². The summed E-state index contributed by atoms with van der Waals surface area (Å²) in [5.74, 6) is 1.04. The zero-order valence-corrected chi connectivity index (χ0v) is 12.5. The number of hydrogen-bond donors (Lipinski definition) is 1. The first-order chi connectivity index (χ1) is 10.8. The fourth-order valence-corrected chi connectivity index (χ4v) is 2.51. The summed E-state index contributed by atoms with van der Waals surface area (Å²) >= 11 is 0. The second kappa shape index (κ2) is 6.27. The molecule has 5 heteroatoms. The highest BCUT2D eigenvalue weighted by atomic mass is 15.1. The van der Waals surface area contributed by atoms with E-state index in [0.29, 0.717) is 5.69 Å². The predicted octanol–water partition coefficient (Wildman–Crippen LogP) is 3.11. The first-order valence-corrected chi connectivity index (χ1v) is 7.30. The molecule has 0 amide bonds. The van der Waals surface area contributed by atoms with Gasteiger partial charge >= 0.3 is 0 Å². The molecule has 0 aliphatic heterocycles. The first-order valence-electron chi connectivity index (χ1n) is 7.30. The molecule has 0 spiro atoms. The van der Waals surface area contributed by atoms with E-state index in [9.17, 15) is 0 Å². The van der Waals surface area contributed by atoms with Gasteiger partial charge in [-0.25, -0.2) is 9.97 Å². The van der Waals surface area contributed by atoms with E-state index in [1.54, 1.807) is 12.3 Å². The molecule has 0 saturated heterocycles. The van der Waals surface area contributed by atoms with Crippen molar-refractivity contribution in [2.75, 3.05) is 11.9 Å². The lowest BCUT2D eigenvalue weighted by Crippen LogP contribution is -2.08. The number of anilines is 1. The largest absolute Gasteiger partial charge is 0.384 e. The molecule has 0 atom stereocenters. The minimum atomic E-state index is 0.436. The highest BCUT2D eigenvalue weighted by Gasteiger charge is 2.05. The number of imidazole rings is 1. The molecule has 3 rings (SSSR count). The second-order valence-electron chi connectivity index (χ2n) is 5.12. The van der Waals surface area contributed by atoms with E-state index in [-0.39, 0.29) is 0 Å². The van der Waals surface area contributed by atoms with Crippen LogP contribution < -0.4 is 5.32 Å². The summed E-state index contributed by atoms with van der Waals surface area (Å²) in [5, 5.41) is 12.0. The lowest BCUT2D eigenvalue weighted by Gasteiger charge is -2.08. The smallest absolute Gasteiger partial charge is 0.140 e. The lowest BCUT2D eigenvalue weighted by atomic mass is 10.3. The van der Waals surface area contributed by atoms with Crippen LogP contribution in [0.25, 0.3) is 11.0 Å². The average molecular weight is 291 g/mol. The molecule has 2 aromatic heterocycles. The van der Waals surface area contributed by atoms with Crippen LogP contribution in [0.5, 0.6) is 0 Å². The molecule has 2 heterocycles. The molecule has 0 saturated carbocycles. The number of hydrogen-bond acceptors (Lipinski definition) is 4. The fraction of sp³-hybridized carbons (Fsp3) is 0.235. The van der Waals surface area contributed by atoms with Gasteiger partial charge in [0, 0.05) is 13.1 Å². The normalized spacial score (nSPS) is 10.5. The number of nitrogens with zero attached hydrogens (tertiary/aromatic N) is 4. The molecule has 0 aliphatic rings. The lowest BCUT2D eigenvalue weighted by molar-refractivity contribution is 0.659.